The Morgan fingerprint density at radius 1 is 1.00 bits per heavy atom. The maximum Gasteiger partial charge on any atom is 0.243 e. The summed E-state index contributed by atoms with van der Waals surface area (Å²) in [5.41, 5.74) is 2.66. The Kier molecular flexibility index (Phi) is 7.12. The number of hydrogen-bond acceptors (Lipinski definition) is 5. The lowest BCUT2D eigenvalue weighted by atomic mass is 10.1. The van der Waals surface area contributed by atoms with Gasteiger partial charge in [0.15, 0.2) is 0 Å². The smallest absolute Gasteiger partial charge is 0.243 e. The van der Waals surface area contributed by atoms with E-state index in [1.165, 1.54) is 22.0 Å². The third-order valence-corrected chi connectivity index (χ3v) is 6.82. The predicted octanol–water partition coefficient (Wildman–Crippen LogP) is 3.10. The van der Waals surface area contributed by atoms with Crippen molar-refractivity contribution in [2.24, 2.45) is 0 Å². The van der Waals surface area contributed by atoms with Gasteiger partial charge in [-0.2, -0.15) is 4.31 Å². The van der Waals surface area contributed by atoms with Gasteiger partial charge in [0.25, 0.3) is 0 Å². The van der Waals surface area contributed by atoms with Crippen LogP contribution < -0.4 is 10.6 Å². The molecule has 30 heavy (non-hydrogen) atoms. The van der Waals surface area contributed by atoms with Crippen LogP contribution >= 0.6 is 0 Å². The molecule has 0 radical (unpaired) electrons. The Balaban J connectivity index is 1.57. The Morgan fingerprint density at radius 3 is 2.13 bits per heavy atom. The molecular weight excluding hydrogens is 402 g/mol. The number of carbonyl (C=O) groups excluding carboxylic acids is 1. The van der Waals surface area contributed by atoms with Crippen LogP contribution in [0.25, 0.3) is 0 Å². The molecule has 0 aliphatic carbocycles. The van der Waals surface area contributed by atoms with Crippen LogP contribution in [0.1, 0.15) is 26.3 Å². The summed E-state index contributed by atoms with van der Waals surface area (Å²) in [4.78, 5) is 12.4. The SMILES string of the molecule is CCc1ccc(NCC(=O)Nc2ccc(S(=O)(=O)N3C[C@H](C)O[C@@H](C)C3)cc2)cc1. The largest absolute Gasteiger partial charge is 0.376 e. The van der Waals surface area contributed by atoms with E-state index >= 15 is 0 Å². The molecule has 0 saturated carbocycles. The van der Waals surface area contributed by atoms with Crippen LogP contribution in [0.2, 0.25) is 0 Å². The number of sulfonamides is 1. The van der Waals surface area contributed by atoms with Gasteiger partial charge in [0.1, 0.15) is 0 Å². The van der Waals surface area contributed by atoms with E-state index < -0.39 is 10.0 Å². The second-order valence-electron chi connectivity index (χ2n) is 7.56. The van der Waals surface area contributed by atoms with Gasteiger partial charge in [-0.05, 0) is 62.2 Å². The number of aryl methyl sites for hydroxylation is 1. The number of nitrogens with one attached hydrogen (secondary N) is 2. The quantitative estimate of drug-likeness (QED) is 0.703. The van der Waals surface area contributed by atoms with E-state index in [9.17, 15) is 13.2 Å². The molecule has 0 bridgehead atoms. The van der Waals surface area contributed by atoms with Crippen LogP contribution in [0.5, 0.6) is 0 Å². The van der Waals surface area contributed by atoms with Crippen molar-refractivity contribution in [1.29, 1.82) is 0 Å². The zero-order valence-corrected chi connectivity index (χ0v) is 18.4. The Labute approximate surface area is 178 Å². The highest BCUT2D eigenvalue weighted by Crippen LogP contribution is 2.22. The molecule has 1 aliphatic rings. The minimum atomic E-state index is -3.60. The molecule has 1 saturated heterocycles. The molecule has 2 N–H and O–H groups in total. The number of carbonyl (C=O) groups is 1. The summed E-state index contributed by atoms with van der Waals surface area (Å²) in [7, 11) is -3.60. The zero-order chi connectivity index (χ0) is 21.7. The monoisotopic (exact) mass is 431 g/mol. The van der Waals surface area contributed by atoms with Crippen molar-refractivity contribution in [2.75, 3.05) is 30.3 Å². The standard InChI is InChI=1S/C22H29N3O4S/c1-4-18-5-7-19(8-6-18)23-13-22(26)24-20-9-11-21(12-10-20)30(27,28)25-14-16(2)29-17(3)15-25/h5-12,16-17,23H,4,13-15H2,1-3H3,(H,24,26)/t16-,17-/m0/s1. The molecule has 1 amide bonds. The lowest BCUT2D eigenvalue weighted by Crippen LogP contribution is -2.48. The van der Waals surface area contributed by atoms with Gasteiger partial charge in [-0.25, -0.2) is 8.42 Å². The molecule has 1 fully saturated rings. The highest BCUT2D eigenvalue weighted by atomic mass is 32.2. The Morgan fingerprint density at radius 2 is 1.57 bits per heavy atom. The summed E-state index contributed by atoms with van der Waals surface area (Å²) in [5, 5.41) is 5.85. The zero-order valence-electron chi connectivity index (χ0n) is 17.6. The molecule has 0 aromatic heterocycles. The number of ether oxygens (including phenoxy) is 1. The first kappa shape index (κ1) is 22.3. The first-order valence-electron chi connectivity index (χ1n) is 10.2. The molecule has 7 nitrogen and oxygen atoms in total. The van der Waals surface area contributed by atoms with E-state index in [1.54, 1.807) is 12.1 Å². The van der Waals surface area contributed by atoms with E-state index in [0.717, 1.165) is 12.1 Å². The Bertz CT molecular complexity index is 949. The normalized spacial score (nSPS) is 20.0. The number of hydrogen-bond donors (Lipinski definition) is 2. The molecule has 1 heterocycles. The first-order valence-corrected chi connectivity index (χ1v) is 11.6. The molecule has 0 spiro atoms. The molecule has 0 unspecified atom stereocenters. The highest BCUT2D eigenvalue weighted by molar-refractivity contribution is 7.89. The fourth-order valence-corrected chi connectivity index (χ4v) is 5.02. The summed E-state index contributed by atoms with van der Waals surface area (Å²) >= 11 is 0. The summed E-state index contributed by atoms with van der Waals surface area (Å²) in [6.45, 7) is 6.60. The minimum Gasteiger partial charge on any atom is -0.376 e. The van der Waals surface area contributed by atoms with Crippen LogP contribution in [0.4, 0.5) is 11.4 Å². The summed E-state index contributed by atoms with van der Waals surface area (Å²) in [5.74, 6) is -0.207. The molecular formula is C22H29N3O4S. The molecule has 2 aromatic rings. The number of morpholine rings is 1. The topological polar surface area (TPSA) is 87.7 Å². The molecule has 162 valence electrons. The fourth-order valence-electron chi connectivity index (χ4n) is 3.43. The van der Waals surface area contributed by atoms with Crippen LogP contribution in [-0.2, 0) is 26.0 Å². The van der Waals surface area contributed by atoms with Gasteiger partial charge in [-0.1, -0.05) is 19.1 Å². The highest BCUT2D eigenvalue weighted by Gasteiger charge is 2.32. The van der Waals surface area contributed by atoms with Crippen LogP contribution in [-0.4, -0.2) is 50.5 Å². The summed E-state index contributed by atoms with van der Waals surface area (Å²) in [6, 6.07) is 14.2. The van der Waals surface area contributed by atoms with Gasteiger partial charge in [0, 0.05) is 24.5 Å². The number of anilines is 2. The van der Waals surface area contributed by atoms with Crippen molar-refractivity contribution in [3.8, 4) is 0 Å². The van der Waals surface area contributed by atoms with E-state index in [0.29, 0.717) is 18.8 Å². The molecule has 2 aromatic carbocycles. The second-order valence-corrected chi connectivity index (χ2v) is 9.49. The van der Waals surface area contributed by atoms with Gasteiger partial charge in [-0.3, -0.25) is 4.79 Å². The number of amides is 1. The first-order chi connectivity index (χ1) is 14.3. The van der Waals surface area contributed by atoms with Crippen LogP contribution in [0.3, 0.4) is 0 Å². The van der Waals surface area contributed by atoms with Crippen molar-refractivity contribution < 1.29 is 17.9 Å². The van der Waals surface area contributed by atoms with Crippen molar-refractivity contribution in [3.63, 3.8) is 0 Å². The van der Waals surface area contributed by atoms with Gasteiger partial charge in [0.05, 0.1) is 23.6 Å². The van der Waals surface area contributed by atoms with Gasteiger partial charge in [-0.15, -0.1) is 0 Å². The second kappa shape index (κ2) is 9.59. The van der Waals surface area contributed by atoms with Crippen molar-refractivity contribution in [1.82, 2.24) is 4.31 Å². The van der Waals surface area contributed by atoms with Crippen LogP contribution in [0, 0.1) is 0 Å². The van der Waals surface area contributed by atoms with E-state index in [4.69, 9.17) is 4.74 Å². The lowest BCUT2D eigenvalue weighted by Gasteiger charge is -2.34. The average molecular weight is 432 g/mol. The van der Waals surface area contributed by atoms with Crippen molar-refractivity contribution >= 4 is 27.3 Å². The fraction of sp³-hybridized carbons (Fsp3) is 0.409. The number of nitrogens with zero attached hydrogens (tertiary/aromatic N) is 1. The van der Waals surface area contributed by atoms with Gasteiger partial charge in [0.2, 0.25) is 15.9 Å². The Hall–Kier alpha value is -2.42. The van der Waals surface area contributed by atoms with Crippen molar-refractivity contribution in [3.05, 3.63) is 54.1 Å². The van der Waals surface area contributed by atoms with Crippen molar-refractivity contribution in [2.45, 2.75) is 44.3 Å². The third kappa shape index (κ3) is 5.59. The maximum atomic E-state index is 12.9. The van der Waals surface area contributed by atoms with E-state index in [2.05, 4.69) is 17.6 Å². The lowest BCUT2D eigenvalue weighted by molar-refractivity contribution is -0.114. The maximum absolute atomic E-state index is 12.9. The average Bonchev–Trinajstić information content (AvgIpc) is 2.72. The van der Waals surface area contributed by atoms with Gasteiger partial charge >= 0.3 is 0 Å². The minimum absolute atomic E-state index is 0.120. The van der Waals surface area contributed by atoms with E-state index in [-0.39, 0.29) is 29.6 Å². The molecule has 8 heteroatoms. The van der Waals surface area contributed by atoms with E-state index in [1.807, 2.05) is 38.1 Å². The predicted molar refractivity (Wildman–Crippen MR) is 118 cm³/mol. The van der Waals surface area contributed by atoms with Crippen LogP contribution in [0.15, 0.2) is 53.4 Å². The summed E-state index contributed by atoms with van der Waals surface area (Å²) < 4.78 is 32.8. The molecule has 3 rings (SSSR count). The summed E-state index contributed by atoms with van der Waals surface area (Å²) in [6.07, 6.45) is 0.677. The number of benzene rings is 2. The van der Waals surface area contributed by atoms with Gasteiger partial charge < -0.3 is 15.4 Å². The number of rotatable bonds is 7. The third-order valence-electron chi connectivity index (χ3n) is 4.98. The molecule has 2 atom stereocenters. The molecule has 1 aliphatic heterocycles.